The smallest absolute Gasteiger partial charge is 0.271 e. The maximum absolute atomic E-state index is 11.9. The third-order valence-electron chi connectivity index (χ3n) is 3.06. The lowest BCUT2D eigenvalue weighted by Crippen LogP contribution is -2.19. The summed E-state index contributed by atoms with van der Waals surface area (Å²) in [5, 5.41) is 23.2. The minimum atomic E-state index is -0.415. The number of nitrogens with zero attached hydrogens (tertiary/aromatic N) is 1. The number of rotatable bonds is 4. The summed E-state index contributed by atoms with van der Waals surface area (Å²) in [6.45, 7) is 1.66. The first-order chi connectivity index (χ1) is 10.5. The highest BCUT2D eigenvalue weighted by Gasteiger charge is 2.10. The fraction of sp³-hybridized carbons (Fsp3) is 0.125. The van der Waals surface area contributed by atoms with Crippen LogP contribution in [0.4, 0.5) is 0 Å². The second kappa shape index (κ2) is 6.62. The highest BCUT2D eigenvalue weighted by atomic mass is 16.5. The number of carbonyl (C=O) groups is 1. The van der Waals surface area contributed by atoms with Gasteiger partial charge in [-0.15, -0.1) is 0 Å². The molecule has 0 saturated carbocycles. The minimum Gasteiger partial charge on any atom is -0.508 e. The number of phenols is 2. The zero-order valence-corrected chi connectivity index (χ0v) is 12.2. The molecular formula is C16H16N2O4. The lowest BCUT2D eigenvalue weighted by Gasteiger charge is -2.08. The van der Waals surface area contributed by atoms with Gasteiger partial charge in [-0.2, -0.15) is 5.10 Å². The van der Waals surface area contributed by atoms with Crippen molar-refractivity contribution in [3.05, 3.63) is 53.6 Å². The van der Waals surface area contributed by atoms with Crippen molar-refractivity contribution in [2.75, 3.05) is 7.11 Å². The second-order valence-electron chi connectivity index (χ2n) is 4.54. The molecule has 3 N–H and O–H groups in total. The Morgan fingerprint density at radius 3 is 2.45 bits per heavy atom. The van der Waals surface area contributed by atoms with E-state index in [4.69, 9.17) is 4.74 Å². The topological polar surface area (TPSA) is 91.2 Å². The van der Waals surface area contributed by atoms with Crippen LogP contribution in [0.3, 0.4) is 0 Å². The molecule has 0 spiro atoms. The quantitative estimate of drug-likeness (QED) is 0.596. The molecule has 114 valence electrons. The highest BCUT2D eigenvalue weighted by Crippen LogP contribution is 2.29. The van der Waals surface area contributed by atoms with Crippen LogP contribution in [-0.4, -0.2) is 28.9 Å². The molecule has 0 atom stereocenters. The number of aromatic hydroxyl groups is 2. The zero-order valence-electron chi connectivity index (χ0n) is 12.2. The molecule has 6 heteroatoms. The Labute approximate surface area is 127 Å². The Morgan fingerprint density at radius 2 is 1.82 bits per heavy atom. The molecule has 2 rings (SSSR count). The Bertz CT molecular complexity index is 709. The van der Waals surface area contributed by atoms with Gasteiger partial charge in [0, 0.05) is 11.1 Å². The van der Waals surface area contributed by atoms with E-state index in [2.05, 4.69) is 10.5 Å². The van der Waals surface area contributed by atoms with Crippen LogP contribution < -0.4 is 10.2 Å². The fourth-order valence-corrected chi connectivity index (χ4v) is 1.85. The van der Waals surface area contributed by atoms with E-state index in [0.717, 1.165) is 0 Å². The van der Waals surface area contributed by atoms with E-state index in [1.165, 1.54) is 31.4 Å². The number of hydrazone groups is 1. The van der Waals surface area contributed by atoms with Crippen molar-refractivity contribution in [2.45, 2.75) is 6.92 Å². The molecule has 0 bridgehead atoms. The average Bonchev–Trinajstić information content (AvgIpc) is 2.53. The highest BCUT2D eigenvalue weighted by molar-refractivity contribution is 6.03. The van der Waals surface area contributed by atoms with Crippen molar-refractivity contribution in [1.82, 2.24) is 5.43 Å². The molecule has 0 aliphatic carbocycles. The molecule has 0 unspecified atom stereocenters. The summed E-state index contributed by atoms with van der Waals surface area (Å²) in [5.41, 5.74) is 3.66. The first-order valence-electron chi connectivity index (χ1n) is 6.53. The Morgan fingerprint density at radius 1 is 1.14 bits per heavy atom. The molecule has 0 fully saturated rings. The zero-order chi connectivity index (χ0) is 16.1. The Kier molecular flexibility index (Phi) is 4.63. The van der Waals surface area contributed by atoms with E-state index < -0.39 is 5.91 Å². The third kappa shape index (κ3) is 3.35. The lowest BCUT2D eigenvalue weighted by molar-refractivity contribution is 0.0955. The van der Waals surface area contributed by atoms with Gasteiger partial charge in [-0.3, -0.25) is 4.79 Å². The number of ether oxygens (including phenoxy) is 1. The first kappa shape index (κ1) is 15.4. The van der Waals surface area contributed by atoms with Crippen molar-refractivity contribution in [2.24, 2.45) is 5.10 Å². The summed E-state index contributed by atoms with van der Waals surface area (Å²) in [6, 6.07) is 10.8. The van der Waals surface area contributed by atoms with Crippen molar-refractivity contribution < 1.29 is 19.7 Å². The van der Waals surface area contributed by atoms with E-state index >= 15 is 0 Å². The molecule has 2 aromatic carbocycles. The normalized spacial score (nSPS) is 11.1. The number of hydrogen-bond donors (Lipinski definition) is 3. The van der Waals surface area contributed by atoms with Gasteiger partial charge >= 0.3 is 0 Å². The summed E-state index contributed by atoms with van der Waals surface area (Å²) >= 11 is 0. The Balaban J connectivity index is 2.16. The molecule has 0 aliphatic heterocycles. The number of hydrogen-bond acceptors (Lipinski definition) is 5. The number of carbonyl (C=O) groups excluding carboxylic acids is 1. The molecule has 2 aromatic rings. The van der Waals surface area contributed by atoms with Crippen LogP contribution in [0.25, 0.3) is 0 Å². The number of nitrogens with one attached hydrogen (secondary N) is 1. The summed E-state index contributed by atoms with van der Waals surface area (Å²) in [6.07, 6.45) is 0. The van der Waals surface area contributed by atoms with Gasteiger partial charge in [0.15, 0.2) is 11.5 Å². The van der Waals surface area contributed by atoms with Crippen LogP contribution >= 0.6 is 0 Å². The predicted molar refractivity (Wildman–Crippen MR) is 82.4 cm³/mol. The third-order valence-corrected chi connectivity index (χ3v) is 3.06. The summed E-state index contributed by atoms with van der Waals surface area (Å²) < 4.78 is 5.03. The number of para-hydroxylation sites is 1. The van der Waals surface area contributed by atoms with Gasteiger partial charge in [0.2, 0.25) is 0 Å². The summed E-state index contributed by atoms with van der Waals surface area (Å²) in [5.74, 6) is -0.0404. The Hall–Kier alpha value is -3.02. The van der Waals surface area contributed by atoms with Crippen LogP contribution in [0.5, 0.6) is 17.2 Å². The largest absolute Gasteiger partial charge is 0.508 e. The molecule has 0 radical (unpaired) electrons. The van der Waals surface area contributed by atoms with Crippen LogP contribution in [-0.2, 0) is 0 Å². The molecule has 1 amide bonds. The number of amides is 1. The number of methoxy groups -OCH3 is 1. The van der Waals surface area contributed by atoms with E-state index in [1.807, 2.05) is 0 Å². The maximum Gasteiger partial charge on any atom is 0.271 e. The van der Waals surface area contributed by atoms with Crippen LogP contribution in [0.1, 0.15) is 22.8 Å². The monoisotopic (exact) mass is 300 g/mol. The van der Waals surface area contributed by atoms with Crippen LogP contribution in [0.2, 0.25) is 0 Å². The second-order valence-corrected chi connectivity index (χ2v) is 4.54. The van der Waals surface area contributed by atoms with Gasteiger partial charge in [-0.1, -0.05) is 6.07 Å². The molecule has 6 nitrogen and oxygen atoms in total. The molecule has 0 heterocycles. The van der Waals surface area contributed by atoms with Gasteiger partial charge in [0.25, 0.3) is 5.91 Å². The molecule has 0 aliphatic rings. The van der Waals surface area contributed by atoms with Crippen LogP contribution in [0.15, 0.2) is 47.6 Å². The number of phenolic OH excluding ortho intramolecular Hbond substituents is 2. The van der Waals surface area contributed by atoms with Crippen LogP contribution in [0, 0.1) is 0 Å². The summed E-state index contributed by atoms with van der Waals surface area (Å²) in [4.78, 5) is 11.9. The fourth-order valence-electron chi connectivity index (χ4n) is 1.85. The van der Waals surface area contributed by atoms with Gasteiger partial charge in [-0.05, 0) is 43.3 Å². The van der Waals surface area contributed by atoms with Crippen molar-refractivity contribution in [1.29, 1.82) is 0 Å². The van der Waals surface area contributed by atoms with Gasteiger partial charge in [0.05, 0.1) is 12.8 Å². The maximum atomic E-state index is 11.9. The van der Waals surface area contributed by atoms with E-state index in [-0.39, 0.29) is 11.5 Å². The van der Waals surface area contributed by atoms with Gasteiger partial charge in [-0.25, -0.2) is 5.43 Å². The van der Waals surface area contributed by atoms with Crippen molar-refractivity contribution in [3.8, 4) is 17.2 Å². The van der Waals surface area contributed by atoms with E-state index in [9.17, 15) is 15.0 Å². The van der Waals surface area contributed by atoms with E-state index in [0.29, 0.717) is 22.6 Å². The first-order valence-corrected chi connectivity index (χ1v) is 6.53. The van der Waals surface area contributed by atoms with Gasteiger partial charge < -0.3 is 14.9 Å². The molecule has 0 saturated heterocycles. The minimum absolute atomic E-state index is 0.0369. The van der Waals surface area contributed by atoms with E-state index in [1.54, 1.807) is 25.1 Å². The molecule has 0 aromatic heterocycles. The summed E-state index contributed by atoms with van der Waals surface area (Å²) in [7, 11) is 1.46. The van der Waals surface area contributed by atoms with Gasteiger partial charge in [0.1, 0.15) is 5.75 Å². The number of benzene rings is 2. The molecular weight excluding hydrogens is 284 g/mol. The van der Waals surface area contributed by atoms with Crippen molar-refractivity contribution in [3.63, 3.8) is 0 Å². The molecule has 22 heavy (non-hydrogen) atoms. The standard InChI is InChI=1S/C16H16N2O4/c1-10(13-4-3-5-14(22-2)15(13)20)17-18-16(21)11-6-8-12(19)9-7-11/h3-9,19-20H,1-2H3,(H,18,21)/b17-10+. The van der Waals surface area contributed by atoms with Crippen molar-refractivity contribution >= 4 is 11.6 Å². The predicted octanol–water partition coefficient (Wildman–Crippen LogP) is 2.26. The SMILES string of the molecule is COc1cccc(/C(C)=N/NC(=O)c2ccc(O)cc2)c1O. The average molecular weight is 300 g/mol. The lowest BCUT2D eigenvalue weighted by atomic mass is 10.1.